The summed E-state index contributed by atoms with van der Waals surface area (Å²) >= 11 is 5.77. The van der Waals surface area contributed by atoms with Crippen molar-refractivity contribution >= 4 is 29.4 Å². The summed E-state index contributed by atoms with van der Waals surface area (Å²) in [6, 6.07) is 3.95. The van der Waals surface area contributed by atoms with E-state index in [2.05, 4.69) is 10.9 Å². The molecule has 1 saturated carbocycles. The Balaban J connectivity index is 1.67. The number of aromatic hydroxyl groups is 1. The number of phenolic OH excluding ortho intramolecular Hbond substituents is 1. The Hall–Kier alpha value is -2.54. The van der Waals surface area contributed by atoms with Gasteiger partial charge in [-0.15, -0.1) is 0 Å². The predicted molar refractivity (Wildman–Crippen MR) is 84.1 cm³/mol. The van der Waals surface area contributed by atoms with E-state index in [0.717, 1.165) is 0 Å². The van der Waals surface area contributed by atoms with E-state index >= 15 is 0 Å². The van der Waals surface area contributed by atoms with Crippen LogP contribution < -0.4 is 10.9 Å². The number of carboxylic acids is 1. The van der Waals surface area contributed by atoms with Crippen molar-refractivity contribution in [1.82, 2.24) is 10.9 Å². The molecule has 0 unspecified atom stereocenters. The third-order valence-corrected chi connectivity index (χ3v) is 4.78. The van der Waals surface area contributed by atoms with Crippen molar-refractivity contribution in [3.05, 3.63) is 40.9 Å². The zero-order valence-electron chi connectivity index (χ0n) is 12.4. The molecule has 2 aliphatic carbocycles. The van der Waals surface area contributed by atoms with Gasteiger partial charge in [0.05, 0.1) is 17.4 Å². The second kappa shape index (κ2) is 6.16. The number of aliphatic carboxylic acids is 1. The van der Waals surface area contributed by atoms with Crippen molar-refractivity contribution < 1.29 is 24.6 Å². The number of allylic oxidation sites excluding steroid dienone is 2. The maximum absolute atomic E-state index is 12.3. The highest BCUT2D eigenvalue weighted by atomic mass is 35.5. The fourth-order valence-electron chi connectivity index (χ4n) is 3.48. The van der Waals surface area contributed by atoms with Crippen molar-refractivity contribution in [1.29, 1.82) is 0 Å². The molecule has 24 heavy (non-hydrogen) atoms. The van der Waals surface area contributed by atoms with E-state index in [1.165, 1.54) is 18.2 Å². The predicted octanol–water partition coefficient (Wildman–Crippen LogP) is 1.33. The molecule has 0 spiro atoms. The fourth-order valence-corrected chi connectivity index (χ4v) is 3.65. The number of nitrogens with one attached hydrogen (secondary N) is 2. The largest absolute Gasteiger partial charge is 0.507 e. The standard InChI is InChI=1S/C16H15ClN2O5/c17-9-3-4-11(20)10(6-9)14(21)18-19-15(22)12-7-1-2-8(5-7)13(12)16(23)24/h1-4,6-8,12-13,20H,5H2,(H,18,21)(H,19,22)(H,23,24)/t7-,8-,12-,13-/m0/s1. The van der Waals surface area contributed by atoms with Gasteiger partial charge in [-0.05, 0) is 36.5 Å². The monoisotopic (exact) mass is 350 g/mol. The van der Waals surface area contributed by atoms with E-state index in [9.17, 15) is 24.6 Å². The number of fused-ring (bicyclic) bond motifs is 2. The SMILES string of the molecule is O=C(NNC(=O)[C@@H]1[C@@H](C(=O)O)[C@H]2C=C[C@H]1C2)c1cc(Cl)ccc1O. The molecule has 1 aromatic rings. The van der Waals surface area contributed by atoms with Gasteiger partial charge < -0.3 is 10.2 Å². The number of phenols is 1. The first-order valence-corrected chi connectivity index (χ1v) is 7.76. The zero-order valence-corrected chi connectivity index (χ0v) is 13.2. The maximum Gasteiger partial charge on any atom is 0.307 e. The molecule has 126 valence electrons. The molecule has 8 heteroatoms. The smallest absolute Gasteiger partial charge is 0.307 e. The van der Waals surface area contributed by atoms with Crippen LogP contribution in [0, 0.1) is 23.7 Å². The van der Waals surface area contributed by atoms with Crippen LogP contribution in [0.15, 0.2) is 30.4 Å². The van der Waals surface area contributed by atoms with E-state index < -0.39 is 29.6 Å². The average Bonchev–Trinajstić information content (AvgIpc) is 3.15. The zero-order chi connectivity index (χ0) is 17.4. The van der Waals surface area contributed by atoms with E-state index in [0.29, 0.717) is 6.42 Å². The molecule has 4 atom stereocenters. The van der Waals surface area contributed by atoms with Crippen LogP contribution >= 0.6 is 11.6 Å². The fraction of sp³-hybridized carbons (Fsp3) is 0.312. The summed E-state index contributed by atoms with van der Waals surface area (Å²) in [6.07, 6.45) is 4.30. The highest BCUT2D eigenvalue weighted by Gasteiger charge is 2.51. The number of carbonyl (C=O) groups is 3. The number of halogens is 1. The van der Waals surface area contributed by atoms with Crippen LogP contribution in [0.1, 0.15) is 16.8 Å². The van der Waals surface area contributed by atoms with Crippen LogP contribution in [0.25, 0.3) is 0 Å². The number of carbonyl (C=O) groups excluding carboxylic acids is 2. The number of rotatable bonds is 3. The molecule has 0 aliphatic heterocycles. The second-order valence-corrected chi connectivity index (χ2v) is 6.38. The molecule has 0 aromatic heterocycles. The summed E-state index contributed by atoms with van der Waals surface area (Å²) < 4.78 is 0. The van der Waals surface area contributed by atoms with Crippen LogP contribution in [-0.4, -0.2) is 28.0 Å². The Morgan fingerprint density at radius 2 is 1.75 bits per heavy atom. The van der Waals surface area contributed by atoms with E-state index in [1.54, 1.807) is 0 Å². The van der Waals surface area contributed by atoms with E-state index in [4.69, 9.17) is 11.6 Å². The molecule has 0 heterocycles. The average molecular weight is 351 g/mol. The Morgan fingerprint density at radius 1 is 1.08 bits per heavy atom. The Labute approximate surface area is 142 Å². The van der Waals surface area contributed by atoms with Crippen molar-refractivity contribution in [2.24, 2.45) is 23.7 Å². The third-order valence-electron chi connectivity index (χ3n) is 4.55. The Bertz CT molecular complexity index is 748. The lowest BCUT2D eigenvalue weighted by molar-refractivity contribution is -0.148. The van der Waals surface area contributed by atoms with Gasteiger partial charge >= 0.3 is 5.97 Å². The quantitative estimate of drug-likeness (QED) is 0.485. The molecule has 1 fully saturated rings. The van der Waals surface area contributed by atoms with Gasteiger partial charge in [0.2, 0.25) is 5.91 Å². The molecule has 7 nitrogen and oxygen atoms in total. The number of carboxylic acid groups (broad SMARTS) is 1. The lowest BCUT2D eigenvalue weighted by Gasteiger charge is -2.23. The first kappa shape index (κ1) is 16.3. The molecule has 0 saturated heterocycles. The molecular weight excluding hydrogens is 336 g/mol. The van der Waals surface area contributed by atoms with Gasteiger partial charge in [0.1, 0.15) is 5.75 Å². The first-order valence-electron chi connectivity index (χ1n) is 7.38. The highest BCUT2D eigenvalue weighted by Crippen LogP contribution is 2.48. The van der Waals surface area contributed by atoms with Crippen LogP contribution in [0.4, 0.5) is 0 Å². The van der Waals surface area contributed by atoms with Gasteiger partial charge in [0.15, 0.2) is 0 Å². The molecule has 2 amide bonds. The Kier molecular flexibility index (Phi) is 4.19. The first-order chi connectivity index (χ1) is 11.4. The second-order valence-electron chi connectivity index (χ2n) is 5.94. The molecule has 1 aromatic carbocycles. The normalized spacial score (nSPS) is 27.0. The van der Waals surface area contributed by atoms with Crippen molar-refractivity contribution in [3.8, 4) is 5.75 Å². The van der Waals surface area contributed by atoms with Crippen LogP contribution in [-0.2, 0) is 9.59 Å². The van der Waals surface area contributed by atoms with Crippen molar-refractivity contribution in [3.63, 3.8) is 0 Å². The van der Waals surface area contributed by atoms with Gasteiger partial charge in [-0.3, -0.25) is 25.2 Å². The Morgan fingerprint density at radius 3 is 2.42 bits per heavy atom. The van der Waals surface area contributed by atoms with E-state index in [-0.39, 0.29) is 28.2 Å². The summed E-state index contributed by atoms with van der Waals surface area (Å²) in [5.41, 5.74) is 4.35. The minimum Gasteiger partial charge on any atom is -0.507 e. The summed E-state index contributed by atoms with van der Waals surface area (Å²) in [4.78, 5) is 35.8. The summed E-state index contributed by atoms with van der Waals surface area (Å²) in [6.45, 7) is 0. The number of benzene rings is 1. The minimum absolute atomic E-state index is 0.0922. The topological polar surface area (TPSA) is 116 Å². The van der Waals surface area contributed by atoms with Gasteiger partial charge in [0.25, 0.3) is 5.91 Å². The van der Waals surface area contributed by atoms with Crippen LogP contribution in [0.5, 0.6) is 5.75 Å². The number of hydrazine groups is 1. The molecule has 2 bridgehead atoms. The molecule has 0 radical (unpaired) electrons. The van der Waals surface area contributed by atoms with E-state index in [1.807, 2.05) is 12.2 Å². The van der Waals surface area contributed by atoms with Gasteiger partial charge in [0, 0.05) is 5.02 Å². The third kappa shape index (κ3) is 2.82. The summed E-state index contributed by atoms with van der Waals surface area (Å²) in [5.74, 6) is -4.43. The lowest BCUT2D eigenvalue weighted by atomic mass is 9.82. The minimum atomic E-state index is -1.02. The molecule has 2 aliphatic rings. The van der Waals surface area contributed by atoms with Crippen LogP contribution in [0.2, 0.25) is 5.02 Å². The molecule has 4 N–H and O–H groups in total. The van der Waals surface area contributed by atoms with Crippen molar-refractivity contribution in [2.45, 2.75) is 6.42 Å². The highest BCUT2D eigenvalue weighted by molar-refractivity contribution is 6.31. The lowest BCUT2D eigenvalue weighted by Crippen LogP contribution is -2.48. The van der Waals surface area contributed by atoms with Gasteiger partial charge in [-0.1, -0.05) is 23.8 Å². The number of hydrogen-bond acceptors (Lipinski definition) is 4. The number of amides is 2. The van der Waals surface area contributed by atoms with Gasteiger partial charge in [-0.25, -0.2) is 0 Å². The van der Waals surface area contributed by atoms with Crippen molar-refractivity contribution in [2.75, 3.05) is 0 Å². The molecule has 3 rings (SSSR count). The summed E-state index contributed by atoms with van der Waals surface area (Å²) in [5, 5.41) is 19.2. The molecular formula is C16H15ClN2O5. The van der Waals surface area contributed by atoms with Crippen LogP contribution in [0.3, 0.4) is 0 Å². The maximum atomic E-state index is 12.3. The van der Waals surface area contributed by atoms with Gasteiger partial charge in [-0.2, -0.15) is 0 Å². The summed E-state index contributed by atoms with van der Waals surface area (Å²) in [7, 11) is 0. The number of hydrogen-bond donors (Lipinski definition) is 4.